The van der Waals surface area contributed by atoms with Gasteiger partial charge in [-0.3, -0.25) is 9.59 Å². The van der Waals surface area contributed by atoms with Crippen LogP contribution in [-0.4, -0.2) is 50.1 Å². The number of nitrogens with zero attached hydrogens (tertiary/aromatic N) is 1. The number of hydrogen-bond donors (Lipinski definition) is 1. The number of thiophene rings is 1. The number of carbonyl (C=O) groups excluding carboxylic acids is 2. The predicted octanol–water partition coefficient (Wildman–Crippen LogP) is 2.97. The van der Waals surface area contributed by atoms with Gasteiger partial charge in [0.15, 0.2) is 0 Å². The van der Waals surface area contributed by atoms with E-state index in [9.17, 15) is 9.59 Å². The third-order valence-electron chi connectivity index (χ3n) is 5.32. The van der Waals surface area contributed by atoms with Gasteiger partial charge in [0.1, 0.15) is 5.75 Å². The fraction of sp³-hybridized carbons (Fsp3) is 0.429. The van der Waals surface area contributed by atoms with Gasteiger partial charge in [0, 0.05) is 29.6 Å². The Hall–Kier alpha value is -2.38. The maximum Gasteiger partial charge on any atom is 0.264 e. The van der Waals surface area contributed by atoms with Crippen molar-refractivity contribution in [1.29, 1.82) is 0 Å². The molecule has 0 radical (unpaired) electrons. The highest BCUT2D eigenvalue weighted by molar-refractivity contribution is 7.14. The van der Waals surface area contributed by atoms with E-state index >= 15 is 0 Å². The van der Waals surface area contributed by atoms with Crippen LogP contribution in [0.2, 0.25) is 0 Å². The Balaban J connectivity index is 1.40. The van der Waals surface area contributed by atoms with Gasteiger partial charge in [-0.05, 0) is 55.2 Å². The van der Waals surface area contributed by atoms with Gasteiger partial charge in [-0.15, -0.1) is 11.3 Å². The van der Waals surface area contributed by atoms with Crippen molar-refractivity contribution in [2.24, 2.45) is 5.92 Å². The quantitative estimate of drug-likeness (QED) is 0.857. The minimum atomic E-state index is -0.0736. The number of nitrogens with one attached hydrogen (secondary N) is 1. The van der Waals surface area contributed by atoms with Gasteiger partial charge in [0.05, 0.1) is 25.2 Å². The first kappa shape index (κ1) is 19.0. The molecule has 148 valence electrons. The third kappa shape index (κ3) is 4.05. The highest BCUT2D eigenvalue weighted by atomic mass is 32.1. The molecule has 2 heterocycles. The van der Waals surface area contributed by atoms with Crippen LogP contribution in [0.3, 0.4) is 0 Å². The second-order valence-electron chi connectivity index (χ2n) is 7.12. The normalized spacial score (nSPS) is 19.0. The van der Waals surface area contributed by atoms with Gasteiger partial charge in [-0.2, -0.15) is 0 Å². The lowest BCUT2D eigenvalue weighted by Crippen LogP contribution is -2.40. The van der Waals surface area contributed by atoms with Crippen LogP contribution in [0.1, 0.15) is 26.5 Å². The topological polar surface area (TPSA) is 67.9 Å². The molecule has 2 aliphatic rings. The van der Waals surface area contributed by atoms with Crippen LogP contribution >= 0.6 is 11.3 Å². The number of fused-ring (bicyclic) bond motifs is 1. The summed E-state index contributed by atoms with van der Waals surface area (Å²) in [4.78, 5) is 29.3. The SMILES string of the molecule is COc1ccc(NC(=O)[C@@H]2CCc3sc(C(=O)N4CCOCC4)cc3C2)cc1. The van der Waals surface area contributed by atoms with E-state index in [1.54, 1.807) is 18.4 Å². The second-order valence-corrected chi connectivity index (χ2v) is 8.26. The van der Waals surface area contributed by atoms with Crippen LogP contribution in [-0.2, 0) is 22.4 Å². The van der Waals surface area contributed by atoms with Crippen LogP contribution in [0.25, 0.3) is 0 Å². The highest BCUT2D eigenvalue weighted by Crippen LogP contribution is 2.33. The largest absolute Gasteiger partial charge is 0.497 e. The molecule has 0 unspecified atom stereocenters. The van der Waals surface area contributed by atoms with Gasteiger partial charge in [0.2, 0.25) is 5.91 Å². The van der Waals surface area contributed by atoms with E-state index in [0.29, 0.717) is 32.7 Å². The van der Waals surface area contributed by atoms with Crippen molar-refractivity contribution in [3.8, 4) is 5.75 Å². The zero-order valence-corrected chi connectivity index (χ0v) is 16.7. The summed E-state index contributed by atoms with van der Waals surface area (Å²) in [5, 5.41) is 2.99. The number of rotatable bonds is 4. The highest BCUT2D eigenvalue weighted by Gasteiger charge is 2.29. The molecule has 4 rings (SSSR count). The molecule has 6 nitrogen and oxygen atoms in total. The molecule has 1 aliphatic heterocycles. The maximum absolute atomic E-state index is 12.7. The molecular weight excluding hydrogens is 376 g/mol. The number of benzene rings is 1. The third-order valence-corrected chi connectivity index (χ3v) is 6.55. The van der Waals surface area contributed by atoms with Crippen LogP contribution < -0.4 is 10.1 Å². The molecule has 0 spiro atoms. The van der Waals surface area contributed by atoms with Crippen molar-refractivity contribution in [3.63, 3.8) is 0 Å². The molecule has 1 atom stereocenters. The van der Waals surface area contributed by atoms with Gasteiger partial charge in [-0.1, -0.05) is 0 Å². The van der Waals surface area contributed by atoms with Crippen LogP contribution in [0.4, 0.5) is 5.69 Å². The minimum Gasteiger partial charge on any atom is -0.497 e. The molecule has 1 fully saturated rings. The number of hydrogen-bond acceptors (Lipinski definition) is 5. The van der Waals surface area contributed by atoms with E-state index in [2.05, 4.69) is 5.32 Å². The molecule has 0 saturated carbocycles. The average Bonchev–Trinajstić information content (AvgIpc) is 3.17. The lowest BCUT2D eigenvalue weighted by Gasteiger charge is -2.26. The van der Waals surface area contributed by atoms with Gasteiger partial charge in [-0.25, -0.2) is 0 Å². The molecule has 28 heavy (non-hydrogen) atoms. The van der Waals surface area contributed by atoms with Crippen LogP contribution in [0.5, 0.6) is 5.75 Å². The zero-order valence-electron chi connectivity index (χ0n) is 15.9. The van der Waals surface area contributed by atoms with Crippen molar-refractivity contribution in [2.45, 2.75) is 19.3 Å². The monoisotopic (exact) mass is 400 g/mol. The zero-order chi connectivity index (χ0) is 19.5. The molecule has 1 aromatic carbocycles. The number of ether oxygens (including phenoxy) is 2. The summed E-state index contributed by atoms with van der Waals surface area (Å²) in [6.07, 6.45) is 2.34. The van der Waals surface area contributed by atoms with Crippen molar-refractivity contribution in [2.75, 3.05) is 38.7 Å². The Bertz CT molecular complexity index is 856. The fourth-order valence-corrected chi connectivity index (χ4v) is 4.87. The summed E-state index contributed by atoms with van der Waals surface area (Å²) >= 11 is 1.58. The first-order valence-corrected chi connectivity index (χ1v) is 10.4. The molecular formula is C21H24N2O4S. The van der Waals surface area contributed by atoms with Gasteiger partial charge < -0.3 is 19.7 Å². The Morgan fingerprint density at radius 2 is 1.96 bits per heavy atom. The van der Waals surface area contributed by atoms with E-state index < -0.39 is 0 Å². The van der Waals surface area contributed by atoms with E-state index in [0.717, 1.165) is 34.7 Å². The summed E-state index contributed by atoms with van der Waals surface area (Å²) in [7, 11) is 1.62. The number of methoxy groups -OCH3 is 1. The van der Waals surface area contributed by atoms with Crippen LogP contribution in [0, 0.1) is 5.92 Å². The standard InChI is InChI=1S/C21H24N2O4S/c1-26-17-5-3-16(4-6-17)22-20(24)14-2-7-18-15(12-14)13-19(28-18)21(25)23-8-10-27-11-9-23/h3-6,13-14H,2,7-12H2,1H3,(H,22,24)/t14-/m1/s1. The molecule has 1 aromatic heterocycles. The summed E-state index contributed by atoms with van der Waals surface area (Å²) < 4.78 is 10.5. The maximum atomic E-state index is 12.7. The summed E-state index contributed by atoms with van der Waals surface area (Å²) in [6, 6.07) is 9.34. The first-order chi connectivity index (χ1) is 13.6. The van der Waals surface area contributed by atoms with Crippen molar-refractivity contribution < 1.29 is 19.1 Å². The van der Waals surface area contributed by atoms with E-state index in [-0.39, 0.29) is 17.7 Å². The minimum absolute atomic E-state index is 0.0306. The molecule has 7 heteroatoms. The molecule has 1 aliphatic carbocycles. The molecule has 1 saturated heterocycles. The van der Waals surface area contributed by atoms with Crippen molar-refractivity contribution in [1.82, 2.24) is 4.90 Å². The Morgan fingerprint density at radius 3 is 2.68 bits per heavy atom. The van der Waals surface area contributed by atoms with Crippen molar-refractivity contribution >= 4 is 28.8 Å². The Kier molecular flexibility index (Phi) is 5.64. The number of morpholine rings is 1. The molecule has 2 aromatic rings. The number of aryl methyl sites for hydroxylation is 1. The molecule has 2 amide bonds. The molecule has 1 N–H and O–H groups in total. The predicted molar refractivity (Wildman–Crippen MR) is 108 cm³/mol. The average molecular weight is 401 g/mol. The number of anilines is 1. The van der Waals surface area contributed by atoms with E-state index in [1.807, 2.05) is 35.2 Å². The Labute approximate surface area is 168 Å². The number of amides is 2. The van der Waals surface area contributed by atoms with E-state index in [4.69, 9.17) is 9.47 Å². The van der Waals surface area contributed by atoms with Gasteiger partial charge in [0.25, 0.3) is 5.91 Å². The fourth-order valence-electron chi connectivity index (χ4n) is 3.69. The summed E-state index contributed by atoms with van der Waals surface area (Å²) in [5.41, 5.74) is 1.91. The second kappa shape index (κ2) is 8.32. The van der Waals surface area contributed by atoms with Crippen molar-refractivity contribution in [3.05, 3.63) is 45.6 Å². The Morgan fingerprint density at radius 1 is 1.21 bits per heavy atom. The van der Waals surface area contributed by atoms with Gasteiger partial charge >= 0.3 is 0 Å². The summed E-state index contributed by atoms with van der Waals surface area (Å²) in [6.45, 7) is 2.50. The lowest BCUT2D eigenvalue weighted by atomic mass is 9.87. The summed E-state index contributed by atoms with van der Waals surface area (Å²) in [5.74, 6) is 0.802. The van der Waals surface area contributed by atoms with E-state index in [1.165, 1.54) is 4.88 Å². The molecule has 0 bridgehead atoms. The smallest absolute Gasteiger partial charge is 0.264 e. The van der Waals surface area contributed by atoms with Crippen LogP contribution in [0.15, 0.2) is 30.3 Å². The lowest BCUT2D eigenvalue weighted by molar-refractivity contribution is -0.120. The number of carbonyl (C=O) groups is 2. The first-order valence-electron chi connectivity index (χ1n) is 9.57.